The zero-order chi connectivity index (χ0) is 22.8. The Kier molecular flexibility index (Phi) is 11.1. The summed E-state index contributed by atoms with van der Waals surface area (Å²) in [6.07, 6.45) is 4.14. The lowest BCUT2D eigenvalue weighted by molar-refractivity contribution is 0.0954. The van der Waals surface area contributed by atoms with Gasteiger partial charge in [-0.25, -0.2) is 5.84 Å². The maximum atomic E-state index is 11.0. The number of aromatic nitrogens is 2. The lowest BCUT2D eigenvalue weighted by Gasteiger charge is -2.01. The third kappa shape index (κ3) is 8.25. The third-order valence-electron chi connectivity index (χ3n) is 3.96. The summed E-state index contributed by atoms with van der Waals surface area (Å²) in [5.74, 6) is 5.58. The molecule has 0 bridgehead atoms. The molecule has 0 aliphatic carbocycles. The van der Waals surface area contributed by atoms with Crippen LogP contribution in [-0.2, 0) is 6.42 Å². The summed E-state index contributed by atoms with van der Waals surface area (Å²) < 4.78 is 5.61. The molecule has 6 nitrogen and oxygen atoms in total. The van der Waals surface area contributed by atoms with E-state index in [2.05, 4.69) is 26.1 Å². The summed E-state index contributed by atoms with van der Waals surface area (Å²) in [5.41, 5.74) is 3.00. The second-order valence-electron chi connectivity index (χ2n) is 6.22. The average Bonchev–Trinajstić information content (AvgIpc) is 3.20. The van der Waals surface area contributed by atoms with Crippen LogP contribution >= 0.6 is 62.3 Å². The molecule has 1 amide bonds. The van der Waals surface area contributed by atoms with Gasteiger partial charge in [-0.1, -0.05) is 68.8 Å². The van der Waals surface area contributed by atoms with Crippen LogP contribution in [0, 0.1) is 0 Å². The molecule has 166 valence electrons. The zero-order valence-corrected chi connectivity index (χ0v) is 20.8. The van der Waals surface area contributed by atoms with Gasteiger partial charge >= 0.3 is 0 Å². The van der Waals surface area contributed by atoms with E-state index >= 15 is 0 Å². The molecule has 3 aromatic rings. The predicted octanol–water partition coefficient (Wildman–Crippen LogP) is 6.75. The number of benzene rings is 2. The SMILES string of the molecule is Clc1ccc(-c2nnc(CCCCCBr)o2)c(Cl)c1.NNC(=O)c1ccc(Cl)cc1Cl. The molecule has 1 aromatic heterocycles. The summed E-state index contributed by atoms with van der Waals surface area (Å²) in [5, 5.41) is 11.0. The Balaban J connectivity index is 0.000000245. The summed E-state index contributed by atoms with van der Waals surface area (Å²) in [6.45, 7) is 0. The average molecular weight is 569 g/mol. The Labute approximate surface area is 208 Å². The maximum Gasteiger partial charge on any atom is 0.266 e. The second-order valence-corrected chi connectivity index (χ2v) is 8.70. The normalized spacial score (nSPS) is 10.4. The first-order valence-corrected chi connectivity index (χ1v) is 11.8. The van der Waals surface area contributed by atoms with Gasteiger partial charge in [-0.15, -0.1) is 10.2 Å². The molecule has 0 atom stereocenters. The number of hydrogen-bond acceptors (Lipinski definition) is 5. The number of nitrogens with two attached hydrogens (primary N) is 1. The molecule has 0 fully saturated rings. The summed E-state index contributed by atoms with van der Waals surface area (Å²) >= 11 is 26.7. The number of nitrogens with one attached hydrogen (secondary N) is 1. The Morgan fingerprint density at radius 3 is 2.26 bits per heavy atom. The molecule has 31 heavy (non-hydrogen) atoms. The monoisotopic (exact) mass is 566 g/mol. The highest BCUT2D eigenvalue weighted by Crippen LogP contribution is 2.29. The predicted molar refractivity (Wildman–Crippen MR) is 129 cm³/mol. The van der Waals surface area contributed by atoms with E-state index in [0.717, 1.165) is 31.0 Å². The molecule has 0 aliphatic rings. The molecule has 0 aliphatic heterocycles. The molecule has 1 heterocycles. The number of hydrazine groups is 1. The molecule has 2 aromatic carbocycles. The van der Waals surface area contributed by atoms with E-state index in [9.17, 15) is 4.79 Å². The molecular formula is C20H19BrCl4N4O2. The number of amides is 1. The van der Waals surface area contributed by atoms with E-state index in [1.54, 1.807) is 24.3 Å². The van der Waals surface area contributed by atoms with Crippen LogP contribution in [0.5, 0.6) is 0 Å². The van der Waals surface area contributed by atoms with Gasteiger partial charge in [-0.05, 0) is 49.2 Å². The van der Waals surface area contributed by atoms with Gasteiger partial charge in [0.15, 0.2) is 0 Å². The van der Waals surface area contributed by atoms with Crippen molar-refractivity contribution in [3.63, 3.8) is 0 Å². The van der Waals surface area contributed by atoms with Crippen LogP contribution in [0.4, 0.5) is 0 Å². The molecule has 0 saturated heterocycles. The van der Waals surface area contributed by atoms with E-state index in [0.29, 0.717) is 38.0 Å². The van der Waals surface area contributed by atoms with Crippen LogP contribution in [0.15, 0.2) is 40.8 Å². The number of carbonyl (C=O) groups is 1. The van der Waals surface area contributed by atoms with Gasteiger partial charge in [0.25, 0.3) is 5.91 Å². The number of unbranched alkanes of at least 4 members (excludes halogenated alkanes) is 2. The van der Waals surface area contributed by atoms with Crippen molar-refractivity contribution in [3.8, 4) is 11.5 Å². The number of aryl methyl sites for hydroxylation is 1. The maximum absolute atomic E-state index is 11.0. The van der Waals surface area contributed by atoms with Crippen LogP contribution < -0.4 is 11.3 Å². The van der Waals surface area contributed by atoms with Crippen LogP contribution in [0.3, 0.4) is 0 Å². The first kappa shape index (κ1) is 25.9. The van der Waals surface area contributed by atoms with Crippen molar-refractivity contribution in [2.24, 2.45) is 5.84 Å². The van der Waals surface area contributed by atoms with Crippen molar-refractivity contribution in [2.45, 2.75) is 25.7 Å². The minimum atomic E-state index is -0.434. The van der Waals surface area contributed by atoms with Crippen LogP contribution in [0.1, 0.15) is 35.5 Å². The number of alkyl halides is 1. The summed E-state index contributed by atoms with van der Waals surface area (Å²) in [4.78, 5) is 11.0. The number of hydrogen-bond donors (Lipinski definition) is 2. The summed E-state index contributed by atoms with van der Waals surface area (Å²) in [6, 6.07) is 9.76. The molecule has 3 rings (SSSR count). The first-order valence-electron chi connectivity index (χ1n) is 9.15. The van der Waals surface area contributed by atoms with Crippen molar-refractivity contribution in [3.05, 3.63) is 67.9 Å². The highest BCUT2D eigenvalue weighted by molar-refractivity contribution is 9.09. The number of nitrogens with zero attached hydrogens (tertiary/aromatic N) is 2. The number of halogens is 5. The van der Waals surface area contributed by atoms with Crippen molar-refractivity contribution < 1.29 is 9.21 Å². The molecule has 0 saturated carbocycles. The second kappa shape index (κ2) is 13.3. The topological polar surface area (TPSA) is 94.0 Å². The Morgan fingerprint density at radius 2 is 1.65 bits per heavy atom. The van der Waals surface area contributed by atoms with Crippen molar-refractivity contribution in [1.82, 2.24) is 15.6 Å². The van der Waals surface area contributed by atoms with Crippen LogP contribution in [0.25, 0.3) is 11.5 Å². The highest BCUT2D eigenvalue weighted by Gasteiger charge is 2.12. The Morgan fingerprint density at radius 1 is 0.968 bits per heavy atom. The van der Waals surface area contributed by atoms with E-state index in [4.69, 9.17) is 56.7 Å². The molecule has 0 spiro atoms. The highest BCUT2D eigenvalue weighted by atomic mass is 79.9. The van der Waals surface area contributed by atoms with Crippen molar-refractivity contribution >= 4 is 68.2 Å². The van der Waals surface area contributed by atoms with Crippen molar-refractivity contribution in [1.29, 1.82) is 0 Å². The van der Waals surface area contributed by atoms with Crippen LogP contribution in [0.2, 0.25) is 20.1 Å². The van der Waals surface area contributed by atoms with Gasteiger partial charge in [0.05, 0.1) is 21.2 Å². The molecule has 11 heteroatoms. The fourth-order valence-corrected chi connectivity index (χ4v) is 3.81. The molecule has 0 radical (unpaired) electrons. The number of rotatable bonds is 7. The Bertz CT molecular complexity index is 1020. The van der Waals surface area contributed by atoms with E-state index in [-0.39, 0.29) is 5.02 Å². The number of carbonyl (C=O) groups excluding carboxylic acids is 1. The lowest BCUT2D eigenvalue weighted by atomic mass is 10.2. The standard InChI is InChI=1S/C13H13BrCl2N2O.C7H6Cl2N2O/c14-7-3-1-2-4-12-17-18-13(19-12)10-6-5-9(15)8-11(10)16;8-4-1-2-5(6(9)3-4)7(12)11-10/h5-6,8H,1-4,7H2;1-3H,10H2,(H,11,12). The minimum Gasteiger partial charge on any atom is -0.421 e. The fourth-order valence-electron chi connectivity index (χ4n) is 2.43. The number of nitrogen functional groups attached to an aromatic ring is 1. The van der Waals surface area contributed by atoms with Crippen LogP contribution in [-0.4, -0.2) is 21.4 Å². The fraction of sp³-hybridized carbons (Fsp3) is 0.250. The molecular weight excluding hydrogens is 550 g/mol. The third-order valence-corrected chi connectivity index (χ3v) is 5.62. The molecule has 0 unspecified atom stereocenters. The van der Waals surface area contributed by atoms with E-state index < -0.39 is 5.91 Å². The molecule has 3 N–H and O–H groups in total. The van der Waals surface area contributed by atoms with E-state index in [1.165, 1.54) is 12.1 Å². The van der Waals surface area contributed by atoms with Gasteiger partial charge in [-0.3, -0.25) is 10.2 Å². The van der Waals surface area contributed by atoms with Gasteiger partial charge < -0.3 is 4.42 Å². The largest absolute Gasteiger partial charge is 0.421 e. The smallest absolute Gasteiger partial charge is 0.266 e. The summed E-state index contributed by atoms with van der Waals surface area (Å²) in [7, 11) is 0. The zero-order valence-electron chi connectivity index (χ0n) is 16.2. The minimum absolute atomic E-state index is 0.283. The van der Waals surface area contributed by atoms with Gasteiger partial charge in [0.1, 0.15) is 0 Å². The van der Waals surface area contributed by atoms with Crippen molar-refractivity contribution in [2.75, 3.05) is 5.33 Å². The quantitative estimate of drug-likeness (QED) is 0.108. The van der Waals surface area contributed by atoms with E-state index in [1.807, 2.05) is 5.43 Å². The Hall–Kier alpha value is -1.35. The van der Waals surface area contributed by atoms with Gasteiger partial charge in [0, 0.05) is 21.8 Å². The van der Waals surface area contributed by atoms with Gasteiger partial charge in [-0.2, -0.15) is 0 Å². The lowest BCUT2D eigenvalue weighted by Crippen LogP contribution is -2.30. The first-order chi connectivity index (χ1) is 14.8. The van der Waals surface area contributed by atoms with Gasteiger partial charge in [0.2, 0.25) is 11.8 Å².